The van der Waals surface area contributed by atoms with Crippen LogP contribution in [0, 0.1) is 0 Å². The molecule has 27 heavy (non-hydrogen) atoms. The maximum absolute atomic E-state index is 12.1. The quantitative estimate of drug-likeness (QED) is 0.384. The summed E-state index contributed by atoms with van der Waals surface area (Å²) >= 11 is 5.75. The Balaban J connectivity index is 1.63. The van der Waals surface area contributed by atoms with Gasteiger partial charge >= 0.3 is 0 Å². The van der Waals surface area contributed by atoms with Crippen molar-refractivity contribution in [2.24, 2.45) is 0 Å². The molecule has 0 aliphatic carbocycles. The van der Waals surface area contributed by atoms with Gasteiger partial charge < -0.3 is 31.6 Å². The van der Waals surface area contributed by atoms with Crippen molar-refractivity contribution in [3.8, 4) is 0 Å². The summed E-state index contributed by atoms with van der Waals surface area (Å²) in [6.07, 6.45) is -3.94. The van der Waals surface area contributed by atoms with E-state index in [0.717, 1.165) is 0 Å². The number of imidazole rings is 1. The third-order valence-corrected chi connectivity index (χ3v) is 3.97. The summed E-state index contributed by atoms with van der Waals surface area (Å²) in [6.45, 7) is 0. The average Bonchev–Trinajstić information content (AvgIpc) is 3.01. The van der Waals surface area contributed by atoms with Gasteiger partial charge in [-0.05, 0) is 42.5 Å². The van der Waals surface area contributed by atoms with E-state index < -0.39 is 24.0 Å². The minimum Gasteiger partial charge on any atom is -0.380 e. The Morgan fingerprint density at radius 2 is 1.56 bits per heavy atom. The molecule has 10 heteroatoms. The molecule has 2 atom stereocenters. The van der Waals surface area contributed by atoms with E-state index in [1.54, 1.807) is 30.3 Å². The van der Waals surface area contributed by atoms with Gasteiger partial charge in [-0.2, -0.15) is 0 Å². The van der Waals surface area contributed by atoms with E-state index in [2.05, 4.69) is 20.6 Å². The van der Waals surface area contributed by atoms with E-state index in [4.69, 9.17) is 17.3 Å². The molecule has 7 N–H and O–H groups in total. The van der Waals surface area contributed by atoms with Gasteiger partial charge in [0.15, 0.2) is 18.2 Å². The van der Waals surface area contributed by atoms with Crippen molar-refractivity contribution in [3.05, 3.63) is 47.5 Å². The lowest BCUT2D eigenvalue weighted by molar-refractivity contribution is -0.139. The molecule has 0 radical (unpaired) electrons. The molecule has 0 saturated carbocycles. The Morgan fingerprint density at radius 3 is 2.19 bits per heavy atom. The monoisotopic (exact) mass is 389 g/mol. The SMILES string of the molecule is Nc1nc2ccc(NC(=O)[C@H](O)[C@@H](O)C(=O)Nc3ccc(Cl)cc3)cc2[nH]1. The van der Waals surface area contributed by atoms with E-state index in [9.17, 15) is 19.8 Å². The molecule has 0 aliphatic rings. The first kappa shape index (κ1) is 18.6. The number of aliphatic hydroxyl groups is 2. The van der Waals surface area contributed by atoms with Crippen LogP contribution in [0.3, 0.4) is 0 Å². The van der Waals surface area contributed by atoms with Crippen LogP contribution in [0.15, 0.2) is 42.5 Å². The number of aromatic amines is 1. The molecule has 0 bridgehead atoms. The van der Waals surface area contributed by atoms with E-state index >= 15 is 0 Å². The number of nitrogens with one attached hydrogen (secondary N) is 3. The predicted octanol–water partition coefficient (Wildman–Crippen LogP) is 1.10. The van der Waals surface area contributed by atoms with E-state index in [-0.39, 0.29) is 5.95 Å². The third-order valence-electron chi connectivity index (χ3n) is 3.72. The first-order valence-electron chi connectivity index (χ1n) is 7.82. The zero-order valence-corrected chi connectivity index (χ0v) is 14.6. The Morgan fingerprint density at radius 1 is 1.00 bits per heavy atom. The number of aromatic nitrogens is 2. The number of hydrogen-bond acceptors (Lipinski definition) is 6. The number of hydrogen-bond donors (Lipinski definition) is 6. The molecule has 2 amide bonds. The molecule has 1 aromatic heterocycles. The highest BCUT2D eigenvalue weighted by Crippen LogP contribution is 2.18. The minimum atomic E-state index is -1.97. The van der Waals surface area contributed by atoms with Crippen molar-refractivity contribution in [1.29, 1.82) is 0 Å². The fourth-order valence-corrected chi connectivity index (χ4v) is 2.49. The first-order valence-corrected chi connectivity index (χ1v) is 8.20. The Hall–Kier alpha value is -3.14. The third kappa shape index (κ3) is 4.34. The largest absolute Gasteiger partial charge is 0.380 e. The van der Waals surface area contributed by atoms with E-state index in [0.29, 0.717) is 27.4 Å². The lowest BCUT2D eigenvalue weighted by Crippen LogP contribution is -2.45. The van der Waals surface area contributed by atoms with Crippen molar-refractivity contribution in [1.82, 2.24) is 9.97 Å². The van der Waals surface area contributed by atoms with Gasteiger partial charge in [-0.15, -0.1) is 0 Å². The number of carbonyl (C=O) groups is 2. The average molecular weight is 390 g/mol. The van der Waals surface area contributed by atoms with Crippen LogP contribution >= 0.6 is 11.6 Å². The molecule has 3 rings (SSSR count). The summed E-state index contributed by atoms with van der Waals surface area (Å²) in [5.41, 5.74) is 7.44. The van der Waals surface area contributed by atoms with Crippen molar-refractivity contribution in [3.63, 3.8) is 0 Å². The summed E-state index contributed by atoms with van der Waals surface area (Å²) in [5, 5.41) is 25.2. The lowest BCUT2D eigenvalue weighted by atomic mass is 10.1. The summed E-state index contributed by atoms with van der Waals surface area (Å²) in [4.78, 5) is 31.0. The zero-order valence-electron chi connectivity index (χ0n) is 13.8. The molecule has 0 fully saturated rings. The van der Waals surface area contributed by atoms with Gasteiger partial charge in [0, 0.05) is 16.4 Å². The number of rotatable bonds is 5. The molecule has 3 aromatic rings. The van der Waals surface area contributed by atoms with Crippen molar-refractivity contribution in [2.45, 2.75) is 12.2 Å². The summed E-state index contributed by atoms with van der Waals surface area (Å²) in [5.74, 6) is -1.65. The summed E-state index contributed by atoms with van der Waals surface area (Å²) in [7, 11) is 0. The number of anilines is 3. The molecular weight excluding hydrogens is 374 g/mol. The van der Waals surface area contributed by atoms with Crippen LogP contribution in [-0.2, 0) is 9.59 Å². The molecule has 0 unspecified atom stereocenters. The van der Waals surface area contributed by atoms with Crippen LogP contribution in [0.25, 0.3) is 11.0 Å². The number of aliphatic hydroxyl groups excluding tert-OH is 2. The molecule has 0 aliphatic heterocycles. The van der Waals surface area contributed by atoms with E-state index in [1.165, 1.54) is 12.1 Å². The van der Waals surface area contributed by atoms with Crippen LogP contribution in [0.1, 0.15) is 0 Å². The van der Waals surface area contributed by atoms with Gasteiger partial charge in [0.1, 0.15) is 0 Å². The Labute approximate surface area is 158 Å². The maximum atomic E-state index is 12.1. The van der Waals surface area contributed by atoms with Gasteiger partial charge in [-0.3, -0.25) is 9.59 Å². The van der Waals surface area contributed by atoms with Crippen LogP contribution in [-0.4, -0.2) is 44.2 Å². The van der Waals surface area contributed by atoms with Crippen molar-refractivity contribution < 1.29 is 19.8 Å². The van der Waals surface area contributed by atoms with Crippen LogP contribution < -0.4 is 16.4 Å². The smallest absolute Gasteiger partial charge is 0.256 e. The number of carbonyl (C=O) groups excluding carboxylic acids is 2. The zero-order chi connectivity index (χ0) is 19.6. The molecule has 0 saturated heterocycles. The normalized spacial score (nSPS) is 13.1. The maximum Gasteiger partial charge on any atom is 0.256 e. The second-order valence-corrected chi connectivity index (χ2v) is 6.17. The Kier molecular flexibility index (Phi) is 5.26. The van der Waals surface area contributed by atoms with Gasteiger partial charge in [0.2, 0.25) is 0 Å². The fraction of sp³-hybridized carbons (Fsp3) is 0.118. The topological polar surface area (TPSA) is 153 Å². The summed E-state index contributed by atoms with van der Waals surface area (Å²) < 4.78 is 0. The minimum absolute atomic E-state index is 0.225. The van der Waals surface area contributed by atoms with Crippen molar-refractivity contribution in [2.75, 3.05) is 16.4 Å². The number of benzene rings is 2. The second-order valence-electron chi connectivity index (χ2n) is 5.73. The number of nitrogens with zero attached hydrogens (tertiary/aromatic N) is 1. The van der Waals surface area contributed by atoms with Crippen LogP contribution in [0.2, 0.25) is 5.02 Å². The van der Waals surface area contributed by atoms with Crippen LogP contribution in [0.5, 0.6) is 0 Å². The van der Waals surface area contributed by atoms with Crippen LogP contribution in [0.4, 0.5) is 17.3 Å². The standard InChI is InChI=1S/C17H16ClN5O4/c18-8-1-3-9(4-2-8)20-15(26)13(24)14(25)16(27)21-10-5-6-11-12(7-10)23-17(19)22-11/h1-7,13-14,24-25H,(H,20,26)(H,21,27)(H3,19,22,23)/t13-,14-/m1/s1. The number of halogens is 1. The molecule has 2 aromatic carbocycles. The van der Waals surface area contributed by atoms with Gasteiger partial charge in [0.05, 0.1) is 11.0 Å². The molecule has 1 heterocycles. The summed E-state index contributed by atoms with van der Waals surface area (Å²) in [6, 6.07) is 10.9. The number of amides is 2. The second kappa shape index (κ2) is 7.62. The highest BCUT2D eigenvalue weighted by atomic mass is 35.5. The predicted molar refractivity (Wildman–Crippen MR) is 101 cm³/mol. The first-order chi connectivity index (χ1) is 12.8. The molecular formula is C17H16ClN5O4. The van der Waals surface area contributed by atoms with Gasteiger partial charge in [0.25, 0.3) is 11.8 Å². The highest BCUT2D eigenvalue weighted by Gasteiger charge is 2.30. The number of nitrogen functional groups attached to an aromatic ring is 1. The van der Waals surface area contributed by atoms with Gasteiger partial charge in [-0.25, -0.2) is 4.98 Å². The fourth-order valence-electron chi connectivity index (χ4n) is 2.36. The number of nitrogens with two attached hydrogens (primary N) is 1. The number of H-pyrrole nitrogens is 1. The Bertz CT molecular complexity index is 989. The number of fused-ring (bicyclic) bond motifs is 1. The van der Waals surface area contributed by atoms with E-state index in [1.807, 2.05) is 0 Å². The molecule has 0 spiro atoms. The molecule has 140 valence electrons. The van der Waals surface area contributed by atoms with Crippen molar-refractivity contribution >= 4 is 51.8 Å². The lowest BCUT2D eigenvalue weighted by Gasteiger charge is -2.17. The molecule has 9 nitrogen and oxygen atoms in total. The van der Waals surface area contributed by atoms with Gasteiger partial charge in [-0.1, -0.05) is 11.6 Å². The highest BCUT2D eigenvalue weighted by molar-refractivity contribution is 6.30.